The second-order valence-electron chi connectivity index (χ2n) is 12.4. The fraction of sp³-hybridized carbons (Fsp3) is 0.581. The smallest absolute Gasteiger partial charge is 0.175 e. The normalized spacial score (nSPS) is 27.5. The Morgan fingerprint density at radius 1 is 0.875 bits per heavy atom. The van der Waals surface area contributed by atoms with Crippen molar-refractivity contribution in [3.05, 3.63) is 54.1 Å². The summed E-state index contributed by atoms with van der Waals surface area (Å²) in [5, 5.41) is 0. The van der Waals surface area contributed by atoms with Crippen molar-refractivity contribution >= 4 is 15.5 Å². The predicted molar refractivity (Wildman–Crippen MR) is 153 cm³/mol. The zero-order valence-electron chi connectivity index (χ0n) is 23.2. The Kier molecular flexibility index (Phi) is 6.97. The summed E-state index contributed by atoms with van der Waals surface area (Å²) in [6.45, 7) is 3.99. The number of ether oxygens (including phenoxy) is 1. The molecule has 0 saturated carbocycles. The molecule has 2 atom stereocenters. The molecule has 1 aromatic carbocycles. The number of nitrogens with zero attached hydrogens (tertiary/aromatic N) is 4. The van der Waals surface area contributed by atoms with Crippen LogP contribution in [0.3, 0.4) is 0 Å². The highest BCUT2D eigenvalue weighted by atomic mass is 32.2. The zero-order chi connectivity index (χ0) is 27.4. The molecule has 214 valence electrons. The SMILES string of the molecule is CS(=O)(=O)c1ccc(-c2cn3cc(C4CCN(C5CC6CCC(C5)N6C5CCOCC5)CC4)cc(F)c3n2)cc1. The fourth-order valence-corrected chi connectivity index (χ4v) is 8.60. The lowest BCUT2D eigenvalue weighted by Gasteiger charge is -2.48. The largest absolute Gasteiger partial charge is 0.381 e. The van der Waals surface area contributed by atoms with E-state index in [2.05, 4.69) is 14.8 Å². The molecule has 6 heterocycles. The molecule has 0 radical (unpaired) electrons. The Balaban J connectivity index is 1.02. The van der Waals surface area contributed by atoms with Crippen LogP contribution in [0, 0.1) is 5.82 Å². The minimum Gasteiger partial charge on any atom is -0.381 e. The zero-order valence-corrected chi connectivity index (χ0v) is 24.0. The van der Waals surface area contributed by atoms with Gasteiger partial charge >= 0.3 is 0 Å². The van der Waals surface area contributed by atoms with Crippen molar-refractivity contribution in [1.29, 1.82) is 0 Å². The third kappa shape index (κ3) is 4.99. The molecule has 4 aliphatic rings. The first-order valence-electron chi connectivity index (χ1n) is 14.9. The number of hydrogen-bond acceptors (Lipinski definition) is 6. The molecule has 0 amide bonds. The van der Waals surface area contributed by atoms with Gasteiger partial charge in [0.15, 0.2) is 21.3 Å². The highest BCUT2D eigenvalue weighted by Crippen LogP contribution is 2.42. The molecule has 2 unspecified atom stereocenters. The number of hydrogen-bond donors (Lipinski definition) is 0. The van der Waals surface area contributed by atoms with Gasteiger partial charge < -0.3 is 14.0 Å². The molecule has 0 N–H and O–H groups in total. The summed E-state index contributed by atoms with van der Waals surface area (Å²) in [5.41, 5.74) is 2.74. The van der Waals surface area contributed by atoms with Crippen molar-refractivity contribution in [2.75, 3.05) is 32.6 Å². The van der Waals surface area contributed by atoms with E-state index in [0.29, 0.717) is 23.3 Å². The van der Waals surface area contributed by atoms with Crippen LogP contribution in [0.4, 0.5) is 4.39 Å². The van der Waals surface area contributed by atoms with Crippen LogP contribution in [0.1, 0.15) is 62.8 Å². The van der Waals surface area contributed by atoms with Crippen LogP contribution in [0.25, 0.3) is 16.9 Å². The van der Waals surface area contributed by atoms with Gasteiger partial charge in [0.1, 0.15) is 0 Å². The first-order chi connectivity index (χ1) is 19.3. The van der Waals surface area contributed by atoms with Crippen molar-refractivity contribution in [2.45, 2.75) is 86.3 Å². The van der Waals surface area contributed by atoms with Crippen LogP contribution in [0.5, 0.6) is 0 Å². The summed E-state index contributed by atoms with van der Waals surface area (Å²) in [5.74, 6) is 0.0325. The Bertz CT molecular complexity index is 1460. The van der Waals surface area contributed by atoms with Crippen LogP contribution < -0.4 is 0 Å². The molecule has 2 aromatic heterocycles. The van der Waals surface area contributed by atoms with Gasteiger partial charge in [0.2, 0.25) is 0 Å². The summed E-state index contributed by atoms with van der Waals surface area (Å²) in [7, 11) is -3.27. The number of fused-ring (bicyclic) bond motifs is 3. The molecule has 2 bridgehead atoms. The number of halogens is 1. The molecule has 4 saturated heterocycles. The van der Waals surface area contributed by atoms with Crippen LogP contribution in [-0.2, 0) is 14.6 Å². The Morgan fingerprint density at radius 2 is 1.55 bits per heavy atom. The molecule has 4 fully saturated rings. The average molecular weight is 567 g/mol. The van der Waals surface area contributed by atoms with Gasteiger partial charge in [-0.3, -0.25) is 4.90 Å². The van der Waals surface area contributed by atoms with Crippen LogP contribution in [-0.4, -0.2) is 84.3 Å². The maximum Gasteiger partial charge on any atom is 0.175 e. The first-order valence-corrected chi connectivity index (χ1v) is 16.8. The maximum atomic E-state index is 15.2. The van der Waals surface area contributed by atoms with E-state index in [1.807, 2.05) is 12.4 Å². The minimum absolute atomic E-state index is 0.261. The van der Waals surface area contributed by atoms with E-state index >= 15 is 4.39 Å². The van der Waals surface area contributed by atoms with Crippen molar-refractivity contribution in [1.82, 2.24) is 19.2 Å². The molecule has 7 nitrogen and oxygen atoms in total. The van der Waals surface area contributed by atoms with Crippen molar-refractivity contribution in [2.24, 2.45) is 0 Å². The van der Waals surface area contributed by atoms with Crippen LogP contribution in [0.15, 0.2) is 47.6 Å². The molecule has 0 spiro atoms. The quantitative estimate of drug-likeness (QED) is 0.438. The summed E-state index contributed by atoms with van der Waals surface area (Å²) in [6, 6.07) is 11.1. The summed E-state index contributed by atoms with van der Waals surface area (Å²) in [4.78, 5) is 10.4. The van der Waals surface area contributed by atoms with Gasteiger partial charge in [-0.2, -0.15) is 0 Å². The molecule has 0 aliphatic carbocycles. The summed E-state index contributed by atoms with van der Waals surface area (Å²) >= 11 is 0. The van der Waals surface area contributed by atoms with E-state index in [0.717, 1.165) is 68.4 Å². The highest BCUT2D eigenvalue weighted by molar-refractivity contribution is 7.90. The Morgan fingerprint density at radius 3 is 2.20 bits per heavy atom. The number of piperidine rings is 2. The van der Waals surface area contributed by atoms with E-state index in [1.165, 1.54) is 44.8 Å². The molecule has 40 heavy (non-hydrogen) atoms. The molecule has 7 rings (SSSR count). The lowest BCUT2D eigenvalue weighted by molar-refractivity contribution is -0.0221. The second-order valence-corrected chi connectivity index (χ2v) is 14.4. The van der Waals surface area contributed by atoms with Crippen LogP contribution in [0.2, 0.25) is 0 Å². The number of likely N-dealkylation sites (tertiary alicyclic amines) is 1. The standard InChI is InChI=1S/C31H39FN4O3S/c1-40(37,38)28-6-2-22(3-7-28)30-20-35-19-23(16-29(32)31(35)33-30)21-8-12-34(13-9-21)27-17-25-4-5-26(18-27)36(25)24-10-14-39-15-11-24/h2-3,6-7,16,19-21,24-27H,4-5,8-15,17-18H2,1H3. The monoisotopic (exact) mass is 566 g/mol. The summed E-state index contributed by atoms with van der Waals surface area (Å²) < 4.78 is 46.2. The number of aromatic nitrogens is 2. The average Bonchev–Trinajstić information content (AvgIpc) is 3.51. The number of benzene rings is 1. The number of pyridine rings is 1. The maximum absolute atomic E-state index is 15.2. The van der Waals surface area contributed by atoms with E-state index in [1.54, 1.807) is 34.7 Å². The lowest BCUT2D eigenvalue weighted by Crippen LogP contribution is -2.55. The third-order valence-electron chi connectivity index (χ3n) is 10.0. The van der Waals surface area contributed by atoms with Gasteiger partial charge in [-0.1, -0.05) is 12.1 Å². The lowest BCUT2D eigenvalue weighted by atomic mass is 9.87. The van der Waals surface area contributed by atoms with E-state index in [9.17, 15) is 8.42 Å². The van der Waals surface area contributed by atoms with E-state index in [-0.39, 0.29) is 10.7 Å². The van der Waals surface area contributed by atoms with Crippen molar-refractivity contribution in [3.8, 4) is 11.3 Å². The van der Waals surface area contributed by atoms with Gasteiger partial charge in [0.25, 0.3) is 0 Å². The number of sulfone groups is 1. The topological polar surface area (TPSA) is 67.2 Å². The number of imidazole rings is 1. The first kappa shape index (κ1) is 26.6. The van der Waals surface area contributed by atoms with Gasteiger partial charge in [-0.05, 0) is 94.1 Å². The molecular formula is C31H39FN4O3S. The van der Waals surface area contributed by atoms with E-state index in [4.69, 9.17) is 4.74 Å². The van der Waals surface area contributed by atoms with Gasteiger partial charge in [0, 0.05) is 61.6 Å². The molecular weight excluding hydrogens is 527 g/mol. The molecule has 9 heteroatoms. The van der Waals surface area contributed by atoms with Gasteiger partial charge in [-0.15, -0.1) is 0 Å². The van der Waals surface area contributed by atoms with Gasteiger partial charge in [0.05, 0.1) is 10.6 Å². The van der Waals surface area contributed by atoms with Crippen molar-refractivity contribution < 1.29 is 17.5 Å². The van der Waals surface area contributed by atoms with Crippen LogP contribution >= 0.6 is 0 Å². The Labute approximate surface area is 236 Å². The highest BCUT2D eigenvalue weighted by Gasteiger charge is 2.45. The van der Waals surface area contributed by atoms with Crippen molar-refractivity contribution in [3.63, 3.8) is 0 Å². The van der Waals surface area contributed by atoms with E-state index < -0.39 is 9.84 Å². The predicted octanol–water partition coefficient (Wildman–Crippen LogP) is 4.90. The fourth-order valence-electron chi connectivity index (χ4n) is 7.97. The second kappa shape index (κ2) is 10.5. The Hall–Kier alpha value is -2.33. The summed E-state index contributed by atoms with van der Waals surface area (Å²) in [6.07, 6.45) is 14.8. The minimum atomic E-state index is -3.27. The number of rotatable bonds is 5. The molecule has 3 aromatic rings. The third-order valence-corrected chi connectivity index (χ3v) is 11.1. The van der Waals surface area contributed by atoms with Gasteiger partial charge in [-0.25, -0.2) is 17.8 Å². The molecule has 4 aliphatic heterocycles.